The van der Waals surface area contributed by atoms with Gasteiger partial charge in [0.25, 0.3) is 0 Å². The van der Waals surface area contributed by atoms with E-state index < -0.39 is 0 Å². The fourth-order valence-electron chi connectivity index (χ4n) is 3.26. The Kier molecular flexibility index (Phi) is 5.36. The molecule has 144 valence electrons. The third-order valence-electron chi connectivity index (χ3n) is 4.91. The molecule has 0 aliphatic heterocycles. The molecule has 4 aromatic rings. The average Bonchev–Trinajstić information content (AvgIpc) is 2.75. The van der Waals surface area contributed by atoms with Crippen LogP contribution in [0.3, 0.4) is 0 Å². The van der Waals surface area contributed by atoms with Crippen LogP contribution in [0.2, 0.25) is 5.15 Å². The first-order valence-electron chi connectivity index (χ1n) is 9.56. The molecule has 0 aliphatic carbocycles. The SMILES string of the molecule is Cc1cc(-c2ccccc2)nnc1-c1ccc(-c2cc(C(C)C)c(Cl)nn2)cc1. The molecular weight excluding hydrogens is 380 g/mol. The second kappa shape index (κ2) is 8.10. The highest BCUT2D eigenvalue weighted by Gasteiger charge is 2.12. The lowest BCUT2D eigenvalue weighted by Gasteiger charge is -2.10. The van der Waals surface area contributed by atoms with Gasteiger partial charge in [-0.3, -0.25) is 0 Å². The van der Waals surface area contributed by atoms with Gasteiger partial charge in [-0.05, 0) is 36.1 Å². The van der Waals surface area contributed by atoms with Gasteiger partial charge in [0.1, 0.15) is 0 Å². The summed E-state index contributed by atoms with van der Waals surface area (Å²) in [5.41, 5.74) is 7.72. The van der Waals surface area contributed by atoms with Gasteiger partial charge in [0, 0.05) is 16.7 Å². The summed E-state index contributed by atoms with van der Waals surface area (Å²) in [6.45, 7) is 6.25. The number of halogens is 1. The van der Waals surface area contributed by atoms with Crippen LogP contribution in [0.4, 0.5) is 0 Å². The first-order valence-corrected chi connectivity index (χ1v) is 9.94. The van der Waals surface area contributed by atoms with Gasteiger partial charge in [-0.15, -0.1) is 20.4 Å². The minimum atomic E-state index is 0.289. The number of hydrogen-bond donors (Lipinski definition) is 0. The summed E-state index contributed by atoms with van der Waals surface area (Å²) in [5.74, 6) is 0.289. The molecule has 5 heteroatoms. The zero-order valence-electron chi connectivity index (χ0n) is 16.6. The zero-order valence-corrected chi connectivity index (χ0v) is 17.4. The molecular formula is C24H21ClN4. The Morgan fingerprint density at radius 3 is 1.93 bits per heavy atom. The fraction of sp³-hybridized carbons (Fsp3) is 0.167. The maximum atomic E-state index is 6.17. The van der Waals surface area contributed by atoms with Crippen LogP contribution >= 0.6 is 11.6 Å². The minimum Gasteiger partial charge on any atom is -0.150 e. The van der Waals surface area contributed by atoms with Crippen LogP contribution in [0.1, 0.15) is 30.9 Å². The molecule has 2 aromatic heterocycles. The van der Waals surface area contributed by atoms with Crippen LogP contribution in [0.5, 0.6) is 0 Å². The number of hydrogen-bond acceptors (Lipinski definition) is 4. The van der Waals surface area contributed by atoms with Crippen molar-refractivity contribution in [2.45, 2.75) is 26.7 Å². The van der Waals surface area contributed by atoms with E-state index in [9.17, 15) is 0 Å². The van der Waals surface area contributed by atoms with Crippen LogP contribution in [0.15, 0.2) is 66.7 Å². The van der Waals surface area contributed by atoms with Gasteiger partial charge in [0.15, 0.2) is 5.15 Å². The molecule has 29 heavy (non-hydrogen) atoms. The Bertz CT molecular complexity index is 1140. The highest BCUT2D eigenvalue weighted by molar-refractivity contribution is 6.30. The second-order valence-electron chi connectivity index (χ2n) is 7.34. The van der Waals surface area contributed by atoms with E-state index in [0.717, 1.165) is 44.9 Å². The van der Waals surface area contributed by atoms with Crippen molar-refractivity contribution in [3.05, 3.63) is 83.0 Å². The van der Waals surface area contributed by atoms with Crippen LogP contribution in [0.25, 0.3) is 33.8 Å². The number of nitrogens with zero attached hydrogens (tertiary/aromatic N) is 4. The number of rotatable bonds is 4. The third-order valence-corrected chi connectivity index (χ3v) is 5.20. The van der Waals surface area contributed by atoms with Crippen molar-refractivity contribution in [1.82, 2.24) is 20.4 Å². The predicted octanol–water partition coefficient (Wildman–Crippen LogP) is 6.35. The number of aryl methyl sites for hydroxylation is 1. The van der Waals surface area contributed by atoms with Gasteiger partial charge in [-0.25, -0.2) is 0 Å². The molecule has 0 unspecified atom stereocenters. The summed E-state index contributed by atoms with van der Waals surface area (Å²) < 4.78 is 0. The average molecular weight is 401 g/mol. The molecule has 0 saturated carbocycles. The molecule has 0 atom stereocenters. The molecule has 0 amide bonds. The fourth-order valence-corrected chi connectivity index (χ4v) is 3.57. The molecule has 0 bridgehead atoms. The van der Waals surface area contributed by atoms with Crippen molar-refractivity contribution in [1.29, 1.82) is 0 Å². The summed E-state index contributed by atoms with van der Waals surface area (Å²) in [4.78, 5) is 0. The highest BCUT2D eigenvalue weighted by Crippen LogP contribution is 2.29. The van der Waals surface area contributed by atoms with Crippen molar-refractivity contribution in [2.75, 3.05) is 0 Å². The van der Waals surface area contributed by atoms with E-state index in [1.165, 1.54) is 0 Å². The lowest BCUT2D eigenvalue weighted by molar-refractivity contribution is 0.843. The van der Waals surface area contributed by atoms with Gasteiger partial charge < -0.3 is 0 Å². The van der Waals surface area contributed by atoms with Crippen molar-refractivity contribution in [3.63, 3.8) is 0 Å². The van der Waals surface area contributed by atoms with E-state index in [2.05, 4.69) is 47.2 Å². The lowest BCUT2D eigenvalue weighted by atomic mass is 10.0. The van der Waals surface area contributed by atoms with Gasteiger partial charge in [-0.2, -0.15) is 0 Å². The van der Waals surface area contributed by atoms with Crippen LogP contribution in [-0.2, 0) is 0 Å². The molecule has 2 heterocycles. The smallest absolute Gasteiger partial charge is 0.150 e. The second-order valence-corrected chi connectivity index (χ2v) is 7.69. The summed E-state index contributed by atoms with van der Waals surface area (Å²) >= 11 is 6.17. The third kappa shape index (κ3) is 4.03. The summed E-state index contributed by atoms with van der Waals surface area (Å²) in [6, 6.07) is 22.3. The van der Waals surface area contributed by atoms with Crippen molar-refractivity contribution in [2.24, 2.45) is 0 Å². The highest BCUT2D eigenvalue weighted by atomic mass is 35.5. The standard InChI is InChI=1S/C24H21ClN4/c1-15(2)20-14-22(27-29-24(20)25)18-9-11-19(12-10-18)23-16(3)13-21(26-28-23)17-7-5-4-6-8-17/h4-15H,1-3H3. The minimum absolute atomic E-state index is 0.289. The van der Waals surface area contributed by atoms with Gasteiger partial charge in [0.05, 0.1) is 17.1 Å². The Hall–Kier alpha value is -3.11. The summed E-state index contributed by atoms with van der Waals surface area (Å²) in [5, 5.41) is 17.7. The molecule has 2 aromatic carbocycles. The predicted molar refractivity (Wildman–Crippen MR) is 118 cm³/mol. The molecule has 0 radical (unpaired) electrons. The molecule has 0 spiro atoms. The topological polar surface area (TPSA) is 51.6 Å². The molecule has 0 aliphatic rings. The van der Waals surface area contributed by atoms with E-state index in [0.29, 0.717) is 5.15 Å². The quantitative estimate of drug-likeness (QED) is 0.400. The van der Waals surface area contributed by atoms with Crippen LogP contribution in [-0.4, -0.2) is 20.4 Å². The zero-order chi connectivity index (χ0) is 20.4. The molecule has 0 saturated heterocycles. The van der Waals surface area contributed by atoms with Crippen LogP contribution in [0, 0.1) is 6.92 Å². The molecule has 0 fully saturated rings. The Labute approximate surface area is 175 Å². The Balaban J connectivity index is 1.64. The molecule has 0 N–H and O–H groups in total. The van der Waals surface area contributed by atoms with Crippen molar-refractivity contribution >= 4 is 11.6 Å². The molecule has 4 rings (SSSR count). The van der Waals surface area contributed by atoms with E-state index in [1.54, 1.807) is 0 Å². The van der Waals surface area contributed by atoms with E-state index in [1.807, 2.05) is 60.7 Å². The maximum absolute atomic E-state index is 6.17. The van der Waals surface area contributed by atoms with Gasteiger partial charge in [-0.1, -0.05) is 80.0 Å². The summed E-state index contributed by atoms with van der Waals surface area (Å²) in [7, 11) is 0. The largest absolute Gasteiger partial charge is 0.155 e. The maximum Gasteiger partial charge on any atom is 0.155 e. The monoisotopic (exact) mass is 400 g/mol. The Morgan fingerprint density at radius 2 is 1.28 bits per heavy atom. The van der Waals surface area contributed by atoms with Gasteiger partial charge in [0.2, 0.25) is 0 Å². The van der Waals surface area contributed by atoms with Crippen molar-refractivity contribution < 1.29 is 0 Å². The Morgan fingerprint density at radius 1 is 0.690 bits per heavy atom. The number of aromatic nitrogens is 4. The normalized spacial score (nSPS) is 11.1. The lowest BCUT2D eigenvalue weighted by Crippen LogP contribution is -1.97. The summed E-state index contributed by atoms with van der Waals surface area (Å²) in [6.07, 6.45) is 0. The van der Waals surface area contributed by atoms with E-state index in [-0.39, 0.29) is 5.92 Å². The van der Waals surface area contributed by atoms with Crippen molar-refractivity contribution in [3.8, 4) is 33.8 Å². The van der Waals surface area contributed by atoms with Crippen LogP contribution < -0.4 is 0 Å². The van der Waals surface area contributed by atoms with Gasteiger partial charge >= 0.3 is 0 Å². The van der Waals surface area contributed by atoms with E-state index in [4.69, 9.17) is 11.6 Å². The molecule has 4 nitrogen and oxygen atoms in total. The first kappa shape index (κ1) is 19.2. The van der Waals surface area contributed by atoms with E-state index >= 15 is 0 Å². The first-order chi connectivity index (χ1) is 14.0. The number of benzene rings is 2.